The van der Waals surface area contributed by atoms with Crippen molar-refractivity contribution in [3.63, 3.8) is 0 Å². The van der Waals surface area contributed by atoms with Gasteiger partial charge in [0.15, 0.2) is 0 Å². The lowest BCUT2D eigenvalue weighted by Gasteiger charge is -2.25. The van der Waals surface area contributed by atoms with Crippen molar-refractivity contribution in [2.45, 2.75) is 32.4 Å². The highest BCUT2D eigenvalue weighted by atomic mass is 16.5. The number of nitrogens with zero attached hydrogens (tertiary/aromatic N) is 3. The van der Waals surface area contributed by atoms with E-state index in [4.69, 9.17) is 10.5 Å². The number of amides is 1. The van der Waals surface area contributed by atoms with Gasteiger partial charge in [0.05, 0.1) is 18.4 Å². The van der Waals surface area contributed by atoms with E-state index in [1.807, 2.05) is 30.8 Å². The summed E-state index contributed by atoms with van der Waals surface area (Å²) in [6.07, 6.45) is 2.25. The number of carbonyl (C=O) groups is 1. The third-order valence-corrected chi connectivity index (χ3v) is 4.73. The number of aryl methyl sites for hydroxylation is 2. The summed E-state index contributed by atoms with van der Waals surface area (Å²) in [6, 6.07) is 7.84. The molecule has 3 rings (SSSR count). The van der Waals surface area contributed by atoms with Crippen LogP contribution in [0.2, 0.25) is 0 Å². The number of aromatic nitrogens is 2. The number of rotatable bonds is 5. The lowest BCUT2D eigenvalue weighted by molar-refractivity contribution is 0.100. The van der Waals surface area contributed by atoms with E-state index in [1.54, 1.807) is 19.2 Å². The molecule has 1 aliphatic rings. The molecule has 6 nitrogen and oxygen atoms in total. The second-order valence-corrected chi connectivity index (χ2v) is 6.32. The van der Waals surface area contributed by atoms with Crippen LogP contribution in [0.3, 0.4) is 0 Å². The first-order valence-electron chi connectivity index (χ1n) is 8.21. The highest BCUT2D eigenvalue weighted by Gasteiger charge is 2.32. The van der Waals surface area contributed by atoms with Gasteiger partial charge < -0.3 is 10.5 Å². The van der Waals surface area contributed by atoms with Gasteiger partial charge in [-0.1, -0.05) is 12.1 Å². The van der Waals surface area contributed by atoms with Crippen LogP contribution < -0.4 is 10.5 Å². The Bertz CT molecular complexity index is 736. The average molecular weight is 328 g/mol. The van der Waals surface area contributed by atoms with Crippen LogP contribution >= 0.6 is 0 Å². The lowest BCUT2D eigenvalue weighted by atomic mass is 10.0. The van der Waals surface area contributed by atoms with E-state index in [9.17, 15) is 4.79 Å². The summed E-state index contributed by atoms with van der Waals surface area (Å²) < 4.78 is 7.38. The highest BCUT2D eigenvalue weighted by Crippen LogP contribution is 2.39. The SMILES string of the molecule is COc1c([C@@H]2CCCN2Cc2ccc(C(N)=O)cc2)c(C)nn1C. The molecule has 0 radical (unpaired) electrons. The number of hydrogen-bond acceptors (Lipinski definition) is 4. The van der Waals surface area contributed by atoms with Gasteiger partial charge in [-0.15, -0.1) is 0 Å². The number of carbonyl (C=O) groups excluding carboxylic acids is 1. The summed E-state index contributed by atoms with van der Waals surface area (Å²) in [6.45, 7) is 3.91. The molecule has 1 atom stereocenters. The Balaban J connectivity index is 1.82. The number of likely N-dealkylation sites (tertiary alicyclic amines) is 1. The van der Waals surface area contributed by atoms with Gasteiger partial charge in [0.1, 0.15) is 0 Å². The van der Waals surface area contributed by atoms with Gasteiger partial charge in [-0.2, -0.15) is 5.10 Å². The van der Waals surface area contributed by atoms with E-state index >= 15 is 0 Å². The molecule has 24 heavy (non-hydrogen) atoms. The Morgan fingerprint density at radius 3 is 2.71 bits per heavy atom. The third kappa shape index (κ3) is 3.01. The number of hydrogen-bond donors (Lipinski definition) is 1. The maximum absolute atomic E-state index is 11.2. The van der Waals surface area contributed by atoms with Crippen molar-refractivity contribution in [3.8, 4) is 5.88 Å². The smallest absolute Gasteiger partial charge is 0.248 e. The molecule has 1 saturated heterocycles. The molecule has 0 saturated carbocycles. The summed E-state index contributed by atoms with van der Waals surface area (Å²) in [5, 5.41) is 4.51. The topological polar surface area (TPSA) is 73.4 Å². The Morgan fingerprint density at radius 1 is 1.38 bits per heavy atom. The molecular formula is C18H24N4O2. The van der Waals surface area contributed by atoms with Gasteiger partial charge in [0.2, 0.25) is 11.8 Å². The number of benzene rings is 1. The van der Waals surface area contributed by atoms with E-state index < -0.39 is 5.91 Å². The average Bonchev–Trinajstić information content (AvgIpc) is 3.10. The van der Waals surface area contributed by atoms with E-state index in [-0.39, 0.29) is 0 Å². The molecule has 2 heterocycles. The van der Waals surface area contributed by atoms with Crippen LogP contribution in [0.5, 0.6) is 5.88 Å². The molecule has 2 N–H and O–H groups in total. The standard InChI is InChI=1S/C18H24N4O2/c1-12-16(18(24-3)21(2)20-12)15-5-4-10-22(15)11-13-6-8-14(9-7-13)17(19)23/h6-9,15H,4-5,10-11H2,1-3H3,(H2,19,23)/t15-/m0/s1. The van der Waals surface area contributed by atoms with Crippen LogP contribution in [0.15, 0.2) is 24.3 Å². The Morgan fingerprint density at radius 2 is 2.08 bits per heavy atom. The molecule has 1 aromatic carbocycles. The van der Waals surface area contributed by atoms with E-state index in [0.717, 1.165) is 37.5 Å². The summed E-state index contributed by atoms with van der Waals surface area (Å²) in [7, 11) is 3.61. The second-order valence-electron chi connectivity index (χ2n) is 6.32. The zero-order chi connectivity index (χ0) is 17.3. The lowest BCUT2D eigenvalue weighted by Crippen LogP contribution is -2.23. The van der Waals surface area contributed by atoms with Crippen molar-refractivity contribution in [1.82, 2.24) is 14.7 Å². The number of nitrogens with two attached hydrogens (primary N) is 1. The summed E-state index contributed by atoms with van der Waals surface area (Å²) in [5.41, 5.74) is 9.23. The van der Waals surface area contributed by atoms with Crippen LogP contribution in [0, 0.1) is 6.92 Å². The van der Waals surface area contributed by atoms with Crippen LogP contribution in [0.25, 0.3) is 0 Å². The Hall–Kier alpha value is -2.34. The molecule has 1 aromatic heterocycles. The molecule has 6 heteroatoms. The normalized spacial score (nSPS) is 18.0. The molecule has 1 amide bonds. The molecule has 1 aliphatic heterocycles. The summed E-state index contributed by atoms with van der Waals surface area (Å²) in [5.74, 6) is 0.449. The molecule has 0 aliphatic carbocycles. The van der Waals surface area contributed by atoms with Gasteiger partial charge in [-0.25, -0.2) is 4.68 Å². The van der Waals surface area contributed by atoms with E-state index in [1.165, 1.54) is 11.1 Å². The van der Waals surface area contributed by atoms with E-state index in [2.05, 4.69) is 10.00 Å². The molecule has 0 spiro atoms. The fraction of sp³-hybridized carbons (Fsp3) is 0.444. The minimum absolute atomic E-state index is 0.310. The van der Waals surface area contributed by atoms with Crippen molar-refractivity contribution in [2.75, 3.05) is 13.7 Å². The summed E-state index contributed by atoms with van der Waals surface area (Å²) >= 11 is 0. The molecule has 0 bridgehead atoms. The van der Waals surface area contributed by atoms with Crippen LogP contribution in [0.1, 0.15) is 46.1 Å². The van der Waals surface area contributed by atoms with Crippen LogP contribution in [0.4, 0.5) is 0 Å². The minimum atomic E-state index is -0.392. The summed E-state index contributed by atoms with van der Waals surface area (Å²) in [4.78, 5) is 13.6. The van der Waals surface area contributed by atoms with Crippen LogP contribution in [-0.4, -0.2) is 34.2 Å². The van der Waals surface area contributed by atoms with Gasteiger partial charge in [-0.05, 0) is 44.0 Å². The Kier molecular flexibility index (Phi) is 4.57. The fourth-order valence-electron chi connectivity index (χ4n) is 3.63. The largest absolute Gasteiger partial charge is 0.481 e. The second kappa shape index (κ2) is 6.65. The van der Waals surface area contributed by atoms with E-state index in [0.29, 0.717) is 11.6 Å². The number of primary amides is 1. The monoisotopic (exact) mass is 328 g/mol. The number of ether oxygens (including phenoxy) is 1. The highest BCUT2D eigenvalue weighted by molar-refractivity contribution is 5.92. The zero-order valence-electron chi connectivity index (χ0n) is 14.5. The molecular weight excluding hydrogens is 304 g/mol. The fourth-order valence-corrected chi connectivity index (χ4v) is 3.63. The maximum Gasteiger partial charge on any atom is 0.248 e. The maximum atomic E-state index is 11.2. The molecule has 0 unspecified atom stereocenters. The Labute approximate surface area is 142 Å². The predicted octanol–water partition coefficient (Wildman–Crippen LogP) is 2.17. The van der Waals surface area contributed by atoms with Gasteiger partial charge in [0.25, 0.3) is 0 Å². The van der Waals surface area contributed by atoms with Gasteiger partial charge in [0, 0.05) is 25.2 Å². The van der Waals surface area contributed by atoms with Crippen molar-refractivity contribution < 1.29 is 9.53 Å². The first-order chi connectivity index (χ1) is 11.5. The first-order valence-corrected chi connectivity index (χ1v) is 8.21. The van der Waals surface area contributed by atoms with Crippen molar-refractivity contribution >= 4 is 5.91 Å². The van der Waals surface area contributed by atoms with Crippen molar-refractivity contribution in [3.05, 3.63) is 46.6 Å². The zero-order valence-corrected chi connectivity index (χ0v) is 14.5. The minimum Gasteiger partial charge on any atom is -0.481 e. The third-order valence-electron chi connectivity index (χ3n) is 4.73. The van der Waals surface area contributed by atoms with Gasteiger partial charge in [-0.3, -0.25) is 9.69 Å². The van der Waals surface area contributed by atoms with Gasteiger partial charge >= 0.3 is 0 Å². The van der Waals surface area contributed by atoms with Crippen LogP contribution in [-0.2, 0) is 13.6 Å². The van der Waals surface area contributed by atoms with Crippen molar-refractivity contribution in [2.24, 2.45) is 12.8 Å². The predicted molar refractivity (Wildman–Crippen MR) is 91.8 cm³/mol. The number of methoxy groups -OCH3 is 1. The first kappa shape index (κ1) is 16.5. The molecule has 2 aromatic rings. The molecule has 128 valence electrons. The molecule has 1 fully saturated rings. The quantitative estimate of drug-likeness (QED) is 0.913. The van der Waals surface area contributed by atoms with Crippen molar-refractivity contribution in [1.29, 1.82) is 0 Å².